The number of ether oxygens (including phenoxy) is 2. The van der Waals surface area contributed by atoms with Crippen LogP contribution in [-0.2, 0) is 29.4 Å². The van der Waals surface area contributed by atoms with Gasteiger partial charge in [-0.25, -0.2) is 19.6 Å². The van der Waals surface area contributed by atoms with Crippen LogP contribution in [0.15, 0.2) is 97.3 Å². The van der Waals surface area contributed by atoms with Gasteiger partial charge >= 0.3 is 18.1 Å². The molecule has 56 heavy (non-hydrogen) atoms. The number of carbonyl (C=O) groups is 4. The number of aromatic nitrogens is 3. The maximum atomic E-state index is 13.5. The second-order valence-electron chi connectivity index (χ2n) is 12.5. The molecule has 0 unspecified atom stereocenters. The van der Waals surface area contributed by atoms with Gasteiger partial charge in [0.2, 0.25) is 11.8 Å². The zero-order valence-electron chi connectivity index (χ0n) is 30.4. The van der Waals surface area contributed by atoms with E-state index in [1.54, 1.807) is 25.3 Å². The number of hydrogen-bond acceptors (Lipinski definition) is 9. The van der Waals surface area contributed by atoms with Crippen LogP contribution in [0.25, 0.3) is 10.9 Å². The summed E-state index contributed by atoms with van der Waals surface area (Å²) in [5, 5.41) is 16.5. The number of nitrogens with zero attached hydrogens (tertiary/aromatic N) is 6. The predicted molar refractivity (Wildman–Crippen MR) is 198 cm³/mol. The van der Waals surface area contributed by atoms with Crippen LogP contribution in [0.5, 0.6) is 17.5 Å². The van der Waals surface area contributed by atoms with Gasteiger partial charge in [0.1, 0.15) is 11.4 Å². The Balaban J connectivity index is 0.000000677. The topological polar surface area (TPSA) is 168 Å². The number of rotatable bonds is 10. The van der Waals surface area contributed by atoms with Gasteiger partial charge in [0.15, 0.2) is 0 Å². The molecule has 5 aromatic rings. The monoisotopic (exact) mass is 774 g/mol. The molecule has 0 atom stereocenters. The van der Waals surface area contributed by atoms with Gasteiger partial charge < -0.3 is 34.1 Å². The number of carboxylic acid groups (broad SMARTS) is 2. The summed E-state index contributed by atoms with van der Waals surface area (Å²) in [5.41, 5.74) is 2.28. The van der Waals surface area contributed by atoms with Crippen LogP contribution in [0.2, 0.25) is 0 Å². The first-order valence-corrected chi connectivity index (χ1v) is 17.0. The van der Waals surface area contributed by atoms with Crippen LogP contribution in [0.1, 0.15) is 32.0 Å². The summed E-state index contributed by atoms with van der Waals surface area (Å²) in [6, 6.07) is 18.5. The minimum absolute atomic E-state index is 0.0332. The van der Waals surface area contributed by atoms with Crippen molar-refractivity contribution in [2.75, 3.05) is 45.2 Å². The summed E-state index contributed by atoms with van der Waals surface area (Å²) >= 11 is 0. The highest BCUT2D eigenvalue weighted by molar-refractivity contribution is 6.05. The molecule has 6 rings (SSSR count). The van der Waals surface area contributed by atoms with Crippen molar-refractivity contribution < 1.29 is 52.0 Å². The van der Waals surface area contributed by atoms with E-state index in [1.165, 1.54) is 18.1 Å². The van der Waals surface area contributed by atoms with Crippen LogP contribution in [-0.4, -0.2) is 98.6 Å². The van der Waals surface area contributed by atoms with Crippen LogP contribution in [0.3, 0.4) is 0 Å². The van der Waals surface area contributed by atoms with Crippen LogP contribution in [0, 0.1) is 0 Å². The molecule has 2 aromatic carbocycles. The molecule has 14 nitrogen and oxygen atoms in total. The fourth-order valence-electron chi connectivity index (χ4n) is 5.76. The molecule has 1 fully saturated rings. The van der Waals surface area contributed by atoms with E-state index in [0.29, 0.717) is 48.3 Å². The summed E-state index contributed by atoms with van der Waals surface area (Å²) < 4.78 is 51.6. The Kier molecular flexibility index (Phi) is 12.7. The molecule has 4 heterocycles. The van der Waals surface area contributed by atoms with E-state index >= 15 is 0 Å². The number of fused-ring (bicyclic) bond motifs is 1. The maximum Gasteiger partial charge on any atom is 0.416 e. The third kappa shape index (κ3) is 10.3. The molecule has 1 aliphatic heterocycles. The molecule has 2 amide bonds. The molecular weight excluding hydrogens is 737 g/mol. The van der Waals surface area contributed by atoms with Crippen molar-refractivity contribution in [3.05, 3.63) is 120 Å². The second-order valence-corrected chi connectivity index (χ2v) is 12.5. The molecular formula is C39H37F3N6O8. The number of anilines is 1. The molecule has 2 N–H and O–H groups in total. The molecule has 0 radical (unpaired) electrons. The average molecular weight is 775 g/mol. The van der Waals surface area contributed by atoms with E-state index in [2.05, 4.69) is 14.9 Å². The van der Waals surface area contributed by atoms with Crippen molar-refractivity contribution in [1.29, 1.82) is 0 Å². The Morgan fingerprint density at radius 2 is 1.48 bits per heavy atom. The third-order valence-electron chi connectivity index (χ3n) is 8.77. The van der Waals surface area contributed by atoms with Gasteiger partial charge in [-0.2, -0.15) is 13.2 Å². The highest BCUT2D eigenvalue weighted by Crippen LogP contribution is 2.30. The number of aliphatic carboxylic acids is 2. The van der Waals surface area contributed by atoms with E-state index in [0.717, 1.165) is 60.4 Å². The first kappa shape index (κ1) is 40.4. The van der Waals surface area contributed by atoms with Crippen molar-refractivity contribution in [3.63, 3.8) is 0 Å². The molecule has 3 aromatic heterocycles. The average Bonchev–Trinajstić information content (AvgIpc) is 3.52. The fraction of sp³-hybridized carbons (Fsp3) is 0.231. The lowest BCUT2D eigenvalue weighted by atomic mass is 10.1. The lowest BCUT2D eigenvalue weighted by molar-refractivity contribution is -0.137. The molecule has 17 heteroatoms. The zero-order valence-corrected chi connectivity index (χ0v) is 30.4. The van der Waals surface area contributed by atoms with Gasteiger partial charge in [0.25, 0.3) is 11.8 Å². The van der Waals surface area contributed by atoms with Gasteiger partial charge in [-0.15, -0.1) is 0 Å². The number of methoxy groups -OCH3 is 1. The highest BCUT2D eigenvalue weighted by atomic mass is 19.4. The van der Waals surface area contributed by atoms with E-state index in [4.69, 9.17) is 19.7 Å². The largest absolute Gasteiger partial charge is 0.481 e. The standard InChI is InChI=1S/C35H33F3N6O4.C4H4O4/c1-41(33(45)24-5-7-26(8-6-24)35(36,37)38)27-9-13-32(40-21-27)48-28-10-11-29-25(18-28)19-30(42(29)2)34(46)44-16-14-43(15-17-44)22-23-4-12-31(47-3)39-20-23;5-3(6)1-2-4(7)8/h4-13,18-21H,14-17,22H2,1-3H3;1-2H,(H,5,6)(H,7,8)/b;2-1-. The van der Waals surface area contributed by atoms with Gasteiger partial charge in [0, 0.05) is 93.8 Å². The first-order valence-electron chi connectivity index (χ1n) is 17.0. The van der Waals surface area contributed by atoms with Crippen molar-refractivity contribution in [2.45, 2.75) is 12.7 Å². The highest BCUT2D eigenvalue weighted by Gasteiger charge is 2.30. The summed E-state index contributed by atoms with van der Waals surface area (Å²) in [6.45, 7) is 3.50. The number of benzene rings is 2. The fourth-order valence-corrected chi connectivity index (χ4v) is 5.76. The predicted octanol–water partition coefficient (Wildman–Crippen LogP) is 5.73. The molecule has 0 aliphatic carbocycles. The number of aryl methyl sites for hydroxylation is 1. The van der Waals surface area contributed by atoms with E-state index in [1.807, 2.05) is 53.0 Å². The number of amides is 2. The van der Waals surface area contributed by atoms with Crippen molar-refractivity contribution in [1.82, 2.24) is 24.3 Å². The normalized spacial score (nSPS) is 13.2. The Morgan fingerprint density at radius 3 is 2.04 bits per heavy atom. The van der Waals surface area contributed by atoms with Gasteiger partial charge in [0.05, 0.1) is 24.6 Å². The zero-order chi connectivity index (χ0) is 40.6. The van der Waals surface area contributed by atoms with Gasteiger partial charge in [-0.1, -0.05) is 6.07 Å². The molecule has 0 bridgehead atoms. The van der Waals surface area contributed by atoms with Crippen LogP contribution in [0.4, 0.5) is 18.9 Å². The van der Waals surface area contributed by atoms with Crippen molar-refractivity contribution in [3.8, 4) is 17.5 Å². The lowest BCUT2D eigenvalue weighted by Crippen LogP contribution is -2.48. The quantitative estimate of drug-likeness (QED) is 0.166. The number of alkyl halides is 3. The SMILES string of the molecule is COc1ccc(CN2CCN(C(=O)c3cc4cc(Oc5ccc(N(C)C(=O)c6ccc(C(F)(F)F)cc6)cn5)ccc4n3C)CC2)cn1.O=C(O)/C=C\C(=O)O. The minimum atomic E-state index is -4.48. The summed E-state index contributed by atoms with van der Waals surface area (Å²) in [4.78, 5) is 59.5. The smallest absolute Gasteiger partial charge is 0.416 e. The summed E-state index contributed by atoms with van der Waals surface area (Å²) in [5.74, 6) is -1.65. The van der Waals surface area contributed by atoms with Crippen LogP contribution >= 0.6 is 0 Å². The molecule has 0 spiro atoms. The number of piperazine rings is 1. The molecule has 1 aliphatic rings. The van der Waals surface area contributed by atoms with E-state index < -0.39 is 29.6 Å². The number of halogens is 3. The minimum Gasteiger partial charge on any atom is -0.481 e. The Hall–Kier alpha value is -6.75. The first-order chi connectivity index (χ1) is 26.6. The molecule has 0 saturated carbocycles. The Bertz CT molecular complexity index is 2200. The number of hydrogen-bond donors (Lipinski definition) is 2. The third-order valence-corrected chi connectivity index (χ3v) is 8.77. The number of carboxylic acids is 2. The number of carbonyl (C=O) groups excluding carboxylic acids is 2. The molecule has 1 saturated heterocycles. The van der Waals surface area contributed by atoms with E-state index in [-0.39, 0.29) is 17.4 Å². The molecule has 292 valence electrons. The van der Waals surface area contributed by atoms with Crippen molar-refractivity contribution >= 4 is 40.3 Å². The van der Waals surface area contributed by atoms with Crippen LogP contribution < -0.4 is 14.4 Å². The van der Waals surface area contributed by atoms with Gasteiger partial charge in [-0.05, 0) is 60.2 Å². The second kappa shape index (κ2) is 17.6. The van der Waals surface area contributed by atoms with E-state index in [9.17, 15) is 32.3 Å². The number of pyridine rings is 2. The Morgan fingerprint density at radius 1 is 0.839 bits per heavy atom. The lowest BCUT2D eigenvalue weighted by Gasteiger charge is -2.34. The summed E-state index contributed by atoms with van der Waals surface area (Å²) in [6.07, 6.45) is -0.106. The van der Waals surface area contributed by atoms with Gasteiger partial charge in [-0.3, -0.25) is 14.5 Å². The summed E-state index contributed by atoms with van der Waals surface area (Å²) in [7, 11) is 4.97. The Labute approximate surface area is 318 Å². The maximum absolute atomic E-state index is 13.5. The van der Waals surface area contributed by atoms with Crippen molar-refractivity contribution in [2.24, 2.45) is 7.05 Å².